The molecule has 25 heavy (non-hydrogen) atoms. The van der Waals surface area contributed by atoms with E-state index in [9.17, 15) is 18.0 Å². The van der Waals surface area contributed by atoms with Crippen LogP contribution in [0.1, 0.15) is 24.8 Å². The topological polar surface area (TPSA) is 66.0 Å². The number of nitrogens with one attached hydrogen (secondary N) is 3. The van der Waals surface area contributed by atoms with Gasteiger partial charge in [-0.3, -0.25) is 4.79 Å². The zero-order valence-electron chi connectivity index (χ0n) is 13.2. The zero-order valence-corrected chi connectivity index (χ0v) is 15.5. The van der Waals surface area contributed by atoms with Crippen molar-refractivity contribution in [3.63, 3.8) is 0 Å². The highest BCUT2D eigenvalue weighted by Gasteiger charge is 2.31. The van der Waals surface area contributed by atoms with E-state index in [4.69, 9.17) is 11.6 Å². The highest BCUT2D eigenvalue weighted by Crippen LogP contribution is 2.32. The van der Waals surface area contributed by atoms with E-state index in [0.29, 0.717) is 6.20 Å². The summed E-state index contributed by atoms with van der Waals surface area (Å²) in [4.78, 5) is 15.5. The molecular weight excluding hydrogens is 404 g/mol. The van der Waals surface area contributed by atoms with E-state index in [-0.39, 0.29) is 60.6 Å². The van der Waals surface area contributed by atoms with Crippen LogP contribution in [0.3, 0.4) is 0 Å². The lowest BCUT2D eigenvalue weighted by Gasteiger charge is -2.23. The number of alkyl halides is 3. The second-order valence-electron chi connectivity index (χ2n) is 5.32. The number of anilines is 1. The van der Waals surface area contributed by atoms with Crippen LogP contribution < -0.4 is 16.0 Å². The third-order valence-electron chi connectivity index (χ3n) is 3.52. The molecule has 1 saturated heterocycles. The fourth-order valence-corrected chi connectivity index (χ4v) is 2.52. The monoisotopic (exact) mass is 422 g/mol. The maximum absolute atomic E-state index is 12.5. The maximum Gasteiger partial charge on any atom is 0.417 e. The van der Waals surface area contributed by atoms with E-state index in [2.05, 4.69) is 20.9 Å². The van der Waals surface area contributed by atoms with Gasteiger partial charge in [-0.2, -0.15) is 13.2 Å². The minimum atomic E-state index is -4.48. The number of nitrogens with zero attached hydrogens (tertiary/aromatic N) is 1. The van der Waals surface area contributed by atoms with E-state index in [0.717, 1.165) is 32.0 Å². The summed E-state index contributed by atoms with van der Waals surface area (Å²) in [5.74, 6) is 0.0294. The van der Waals surface area contributed by atoms with Gasteiger partial charge in [0.05, 0.1) is 10.6 Å². The quantitative estimate of drug-likeness (QED) is 0.680. The van der Waals surface area contributed by atoms with Gasteiger partial charge in [-0.05, 0) is 32.0 Å². The molecule has 5 nitrogen and oxygen atoms in total. The van der Waals surface area contributed by atoms with Crippen LogP contribution >= 0.6 is 36.4 Å². The number of carbonyl (C=O) groups is 1. The molecule has 1 aromatic rings. The average Bonchev–Trinajstić information content (AvgIpc) is 2.49. The summed E-state index contributed by atoms with van der Waals surface area (Å²) in [5.41, 5.74) is -0.906. The molecule has 1 fully saturated rings. The molecule has 2 heterocycles. The molecular formula is C14H20Cl3F3N4O. The Bertz CT molecular complexity index is 555. The molecule has 0 unspecified atom stereocenters. The number of rotatable bonds is 5. The third kappa shape index (κ3) is 7.85. The lowest BCUT2D eigenvalue weighted by atomic mass is 10.1. The number of halogens is 6. The minimum Gasteiger partial charge on any atom is -0.368 e. The Kier molecular flexibility index (Phi) is 10.5. The molecule has 11 heteroatoms. The van der Waals surface area contributed by atoms with Gasteiger partial charge in [0.1, 0.15) is 5.82 Å². The van der Waals surface area contributed by atoms with Crippen molar-refractivity contribution in [2.75, 3.05) is 25.0 Å². The summed E-state index contributed by atoms with van der Waals surface area (Å²) in [6, 6.07) is 0.989. The highest BCUT2D eigenvalue weighted by molar-refractivity contribution is 6.32. The van der Waals surface area contributed by atoms with Crippen molar-refractivity contribution < 1.29 is 18.0 Å². The number of hydrogen-bond donors (Lipinski definition) is 3. The third-order valence-corrected chi connectivity index (χ3v) is 3.81. The number of carbonyl (C=O) groups excluding carboxylic acids is 1. The van der Waals surface area contributed by atoms with Crippen molar-refractivity contribution in [3.05, 3.63) is 22.8 Å². The van der Waals surface area contributed by atoms with Gasteiger partial charge in [-0.1, -0.05) is 11.6 Å². The Morgan fingerprint density at radius 2 is 1.96 bits per heavy atom. The standard InChI is InChI=1S/C14H18ClF3N4O.2ClH/c15-11-7-9(14(16,17)18)8-21-13(11)20-6-3-12(23)22-10-1-4-19-5-2-10;;/h7-8,10,19H,1-6H2,(H,20,21)(H,22,23);2*1H. The largest absolute Gasteiger partial charge is 0.417 e. The van der Waals surface area contributed by atoms with Crippen LogP contribution in [0.4, 0.5) is 19.0 Å². The first-order valence-corrected chi connectivity index (χ1v) is 7.71. The molecule has 144 valence electrons. The fraction of sp³-hybridized carbons (Fsp3) is 0.571. The molecule has 0 radical (unpaired) electrons. The van der Waals surface area contributed by atoms with Crippen LogP contribution in [0.25, 0.3) is 0 Å². The molecule has 0 aromatic carbocycles. The summed E-state index contributed by atoms with van der Waals surface area (Å²) >= 11 is 5.77. The molecule has 1 aliphatic heterocycles. The van der Waals surface area contributed by atoms with Crippen molar-refractivity contribution in [1.29, 1.82) is 0 Å². The molecule has 3 N–H and O–H groups in total. The van der Waals surface area contributed by atoms with Gasteiger partial charge < -0.3 is 16.0 Å². The van der Waals surface area contributed by atoms with Crippen LogP contribution in [0.2, 0.25) is 5.02 Å². The molecule has 1 aromatic heterocycles. The number of hydrogen-bond acceptors (Lipinski definition) is 4. The molecule has 0 bridgehead atoms. The number of aromatic nitrogens is 1. The summed E-state index contributed by atoms with van der Waals surface area (Å²) < 4.78 is 37.5. The van der Waals surface area contributed by atoms with Gasteiger partial charge in [0, 0.05) is 25.2 Å². The molecule has 0 aliphatic carbocycles. The van der Waals surface area contributed by atoms with Crippen LogP contribution in [0, 0.1) is 0 Å². The number of amides is 1. The zero-order chi connectivity index (χ0) is 16.9. The van der Waals surface area contributed by atoms with Crippen molar-refractivity contribution in [2.45, 2.75) is 31.5 Å². The Morgan fingerprint density at radius 1 is 1.32 bits per heavy atom. The van der Waals surface area contributed by atoms with Gasteiger partial charge in [-0.25, -0.2) is 4.98 Å². The molecule has 1 aliphatic rings. The average molecular weight is 424 g/mol. The van der Waals surface area contributed by atoms with Crippen LogP contribution in [-0.4, -0.2) is 36.6 Å². The van der Waals surface area contributed by atoms with Gasteiger partial charge in [-0.15, -0.1) is 24.8 Å². The van der Waals surface area contributed by atoms with Gasteiger partial charge >= 0.3 is 6.18 Å². The van der Waals surface area contributed by atoms with E-state index in [1.165, 1.54) is 0 Å². The number of piperidine rings is 1. The normalized spacial score (nSPS) is 14.9. The van der Waals surface area contributed by atoms with Crippen molar-refractivity contribution >= 4 is 48.1 Å². The lowest BCUT2D eigenvalue weighted by molar-refractivity contribution is -0.137. The summed E-state index contributed by atoms with van der Waals surface area (Å²) in [6.07, 6.45) is -1.78. The predicted octanol–water partition coefficient (Wildman–Crippen LogP) is 3.27. The summed E-state index contributed by atoms with van der Waals surface area (Å²) in [5, 5.41) is 8.78. The second kappa shape index (κ2) is 10.9. The Morgan fingerprint density at radius 3 is 2.52 bits per heavy atom. The van der Waals surface area contributed by atoms with Crippen LogP contribution in [0.5, 0.6) is 0 Å². The lowest BCUT2D eigenvalue weighted by Crippen LogP contribution is -2.43. The van der Waals surface area contributed by atoms with Crippen LogP contribution in [0.15, 0.2) is 12.3 Å². The second-order valence-corrected chi connectivity index (χ2v) is 5.73. The molecule has 1 amide bonds. The predicted molar refractivity (Wildman–Crippen MR) is 95.9 cm³/mol. The van der Waals surface area contributed by atoms with Crippen molar-refractivity contribution in [3.8, 4) is 0 Å². The molecule has 0 saturated carbocycles. The molecule has 0 atom stereocenters. The Hall–Kier alpha value is -0.960. The van der Waals surface area contributed by atoms with E-state index < -0.39 is 11.7 Å². The van der Waals surface area contributed by atoms with Crippen molar-refractivity contribution in [1.82, 2.24) is 15.6 Å². The van der Waals surface area contributed by atoms with Gasteiger partial charge in [0.2, 0.25) is 5.91 Å². The highest BCUT2D eigenvalue weighted by atomic mass is 35.5. The van der Waals surface area contributed by atoms with Crippen molar-refractivity contribution in [2.24, 2.45) is 0 Å². The summed E-state index contributed by atoms with van der Waals surface area (Å²) in [7, 11) is 0. The SMILES string of the molecule is Cl.Cl.O=C(CCNc1ncc(C(F)(F)F)cc1Cl)NC1CCNCC1. The van der Waals surface area contributed by atoms with E-state index in [1.54, 1.807) is 0 Å². The Labute approximate surface area is 161 Å². The smallest absolute Gasteiger partial charge is 0.368 e. The molecule has 0 spiro atoms. The van der Waals surface area contributed by atoms with E-state index in [1.807, 2.05) is 0 Å². The van der Waals surface area contributed by atoms with Gasteiger partial charge in [0.15, 0.2) is 0 Å². The molecule has 2 rings (SSSR count). The first-order chi connectivity index (χ1) is 10.9. The Balaban J connectivity index is 0.00000288. The maximum atomic E-state index is 12.5. The van der Waals surface area contributed by atoms with Crippen LogP contribution in [-0.2, 0) is 11.0 Å². The number of pyridine rings is 1. The first kappa shape index (κ1) is 24.0. The fourth-order valence-electron chi connectivity index (χ4n) is 2.28. The first-order valence-electron chi connectivity index (χ1n) is 7.33. The minimum absolute atomic E-state index is 0. The van der Waals surface area contributed by atoms with E-state index >= 15 is 0 Å². The summed E-state index contributed by atoms with van der Waals surface area (Å²) in [6.45, 7) is 2.01. The van der Waals surface area contributed by atoms with Gasteiger partial charge in [0.25, 0.3) is 0 Å².